The Labute approximate surface area is 213 Å². The van der Waals surface area contributed by atoms with Gasteiger partial charge in [-0.1, -0.05) is 0 Å². The van der Waals surface area contributed by atoms with E-state index in [1.807, 2.05) is 48.7 Å². The SMILES string of the molecule is N#CC1CCCN1C(=O)[C@@H](N)Cc1c[nH]c2ccc(Oc3ccc(NC(=O)[C@H]4CSCN4)cc3)cc12. The topological polar surface area (TPSA) is 136 Å². The summed E-state index contributed by atoms with van der Waals surface area (Å²) >= 11 is 1.71. The molecule has 2 saturated heterocycles. The third kappa shape index (κ3) is 5.18. The molecule has 3 aromatic rings. The quantitative estimate of drug-likeness (QED) is 0.388. The van der Waals surface area contributed by atoms with Crippen molar-refractivity contribution in [3.8, 4) is 17.6 Å². The molecule has 36 heavy (non-hydrogen) atoms. The van der Waals surface area contributed by atoms with Crippen LogP contribution in [0.4, 0.5) is 5.69 Å². The molecule has 5 N–H and O–H groups in total. The van der Waals surface area contributed by atoms with E-state index in [0.29, 0.717) is 36.6 Å². The van der Waals surface area contributed by atoms with Crippen LogP contribution in [0.1, 0.15) is 18.4 Å². The number of H-pyrrole nitrogens is 1. The van der Waals surface area contributed by atoms with Crippen LogP contribution in [0.5, 0.6) is 11.5 Å². The first-order valence-corrected chi connectivity index (χ1v) is 13.1. The van der Waals surface area contributed by atoms with Crippen molar-refractivity contribution < 1.29 is 14.3 Å². The molecule has 2 amide bonds. The van der Waals surface area contributed by atoms with E-state index in [4.69, 9.17) is 10.5 Å². The molecule has 2 aliphatic rings. The van der Waals surface area contributed by atoms with Gasteiger partial charge < -0.3 is 25.7 Å². The molecule has 2 aromatic carbocycles. The van der Waals surface area contributed by atoms with Gasteiger partial charge in [0, 0.05) is 41.0 Å². The number of anilines is 1. The number of likely N-dealkylation sites (tertiary alicyclic amines) is 1. The van der Waals surface area contributed by atoms with Crippen molar-refractivity contribution in [1.29, 1.82) is 5.26 Å². The van der Waals surface area contributed by atoms with Crippen molar-refractivity contribution in [2.24, 2.45) is 5.73 Å². The van der Waals surface area contributed by atoms with Gasteiger partial charge in [-0.25, -0.2) is 0 Å². The molecule has 0 saturated carbocycles. The van der Waals surface area contributed by atoms with Gasteiger partial charge in [-0.05, 0) is 67.3 Å². The van der Waals surface area contributed by atoms with Crippen LogP contribution >= 0.6 is 11.8 Å². The zero-order valence-corrected chi connectivity index (χ0v) is 20.5. The first kappa shape index (κ1) is 24.2. The van der Waals surface area contributed by atoms with Crippen LogP contribution in [0.15, 0.2) is 48.7 Å². The monoisotopic (exact) mass is 504 g/mol. The zero-order chi connectivity index (χ0) is 25.1. The van der Waals surface area contributed by atoms with Gasteiger partial charge in [-0.15, -0.1) is 11.8 Å². The van der Waals surface area contributed by atoms with Gasteiger partial charge in [-0.2, -0.15) is 5.26 Å². The highest BCUT2D eigenvalue weighted by Gasteiger charge is 2.32. The van der Waals surface area contributed by atoms with Crippen LogP contribution in [0.3, 0.4) is 0 Å². The summed E-state index contributed by atoms with van der Waals surface area (Å²) in [6, 6.07) is 13.9. The number of ether oxygens (including phenoxy) is 1. The normalized spacial score (nSPS) is 20.3. The molecule has 186 valence electrons. The second-order valence-electron chi connectivity index (χ2n) is 9.04. The summed E-state index contributed by atoms with van der Waals surface area (Å²) in [5.74, 6) is 2.63. The molecule has 3 atom stereocenters. The fourth-order valence-electron chi connectivity index (χ4n) is 4.63. The number of benzene rings is 2. The van der Waals surface area contributed by atoms with Crippen molar-refractivity contribution in [3.05, 3.63) is 54.2 Å². The molecular weight excluding hydrogens is 476 g/mol. The predicted octanol–water partition coefficient (Wildman–Crippen LogP) is 2.95. The summed E-state index contributed by atoms with van der Waals surface area (Å²) in [6.07, 6.45) is 3.75. The zero-order valence-electron chi connectivity index (χ0n) is 19.7. The van der Waals surface area contributed by atoms with Crippen molar-refractivity contribution in [1.82, 2.24) is 15.2 Å². The number of aromatic nitrogens is 1. The maximum absolute atomic E-state index is 12.8. The number of nitriles is 1. The van der Waals surface area contributed by atoms with Crippen molar-refractivity contribution >= 4 is 40.2 Å². The summed E-state index contributed by atoms with van der Waals surface area (Å²) in [7, 11) is 0. The number of nitrogens with two attached hydrogens (primary N) is 1. The molecule has 2 fully saturated rings. The number of hydrogen-bond donors (Lipinski definition) is 4. The van der Waals surface area contributed by atoms with Gasteiger partial charge in [0.1, 0.15) is 17.5 Å². The fourth-order valence-corrected chi connectivity index (χ4v) is 5.57. The molecule has 1 aromatic heterocycles. The summed E-state index contributed by atoms with van der Waals surface area (Å²) < 4.78 is 6.05. The molecule has 5 rings (SSSR count). The second-order valence-corrected chi connectivity index (χ2v) is 10.1. The lowest BCUT2D eigenvalue weighted by atomic mass is 10.0. The Morgan fingerprint density at radius 1 is 1.25 bits per heavy atom. The largest absolute Gasteiger partial charge is 0.457 e. The number of aromatic amines is 1. The minimum Gasteiger partial charge on any atom is -0.457 e. The first-order chi connectivity index (χ1) is 17.5. The van der Waals surface area contributed by atoms with E-state index in [9.17, 15) is 14.9 Å². The van der Waals surface area contributed by atoms with E-state index in [-0.39, 0.29) is 23.9 Å². The molecular formula is C26H28N6O3S. The van der Waals surface area contributed by atoms with Crippen molar-refractivity contribution in [2.45, 2.75) is 37.4 Å². The summed E-state index contributed by atoms with van der Waals surface area (Å²) in [4.78, 5) is 29.9. The number of amides is 2. The molecule has 2 aliphatic heterocycles. The molecule has 0 bridgehead atoms. The van der Waals surface area contributed by atoms with E-state index < -0.39 is 6.04 Å². The molecule has 0 radical (unpaired) electrons. The number of fused-ring (bicyclic) bond motifs is 1. The van der Waals surface area contributed by atoms with Gasteiger partial charge in [0.25, 0.3) is 0 Å². The lowest BCUT2D eigenvalue weighted by Crippen LogP contribution is -2.46. The molecule has 1 unspecified atom stereocenters. The van der Waals surface area contributed by atoms with Gasteiger partial charge >= 0.3 is 0 Å². The first-order valence-electron chi connectivity index (χ1n) is 12.0. The highest BCUT2D eigenvalue weighted by atomic mass is 32.2. The number of nitrogens with one attached hydrogen (secondary N) is 3. The molecule has 0 aliphatic carbocycles. The van der Waals surface area contributed by atoms with E-state index in [2.05, 4.69) is 21.7 Å². The van der Waals surface area contributed by atoms with E-state index >= 15 is 0 Å². The minimum atomic E-state index is -0.719. The number of hydrogen-bond acceptors (Lipinski definition) is 7. The number of thioether (sulfide) groups is 1. The number of carbonyl (C=O) groups is 2. The number of carbonyl (C=O) groups excluding carboxylic acids is 2. The van der Waals surface area contributed by atoms with Gasteiger partial charge in [-0.3, -0.25) is 14.9 Å². The number of rotatable bonds is 7. The molecule has 3 heterocycles. The summed E-state index contributed by atoms with van der Waals surface area (Å²) in [6.45, 7) is 0.579. The van der Waals surface area contributed by atoms with Gasteiger partial charge in [0.05, 0.1) is 18.2 Å². The van der Waals surface area contributed by atoms with E-state index in [1.54, 1.807) is 16.7 Å². The Bertz CT molecular complexity index is 1300. The Kier molecular flexibility index (Phi) is 7.13. The Hall–Kier alpha value is -3.52. The maximum atomic E-state index is 12.8. The Morgan fingerprint density at radius 2 is 2.06 bits per heavy atom. The van der Waals surface area contributed by atoms with Gasteiger partial charge in [0.2, 0.25) is 11.8 Å². The van der Waals surface area contributed by atoms with Crippen LogP contribution in [0.25, 0.3) is 10.9 Å². The van der Waals surface area contributed by atoms with E-state index in [1.165, 1.54) is 0 Å². The third-order valence-electron chi connectivity index (χ3n) is 6.57. The van der Waals surface area contributed by atoms with Crippen LogP contribution in [0.2, 0.25) is 0 Å². The molecule has 10 heteroatoms. The van der Waals surface area contributed by atoms with Crippen LogP contribution in [-0.2, 0) is 16.0 Å². The van der Waals surface area contributed by atoms with Crippen LogP contribution in [-0.4, -0.2) is 58.0 Å². The minimum absolute atomic E-state index is 0.0383. The van der Waals surface area contributed by atoms with Crippen molar-refractivity contribution in [3.63, 3.8) is 0 Å². The second kappa shape index (κ2) is 10.6. The lowest BCUT2D eigenvalue weighted by Gasteiger charge is -2.23. The van der Waals surface area contributed by atoms with Crippen molar-refractivity contribution in [2.75, 3.05) is 23.5 Å². The van der Waals surface area contributed by atoms with Gasteiger partial charge in [0.15, 0.2) is 0 Å². The van der Waals surface area contributed by atoms with E-state index in [0.717, 1.165) is 34.5 Å². The Morgan fingerprint density at radius 3 is 2.81 bits per heavy atom. The smallest absolute Gasteiger partial charge is 0.242 e. The highest BCUT2D eigenvalue weighted by molar-refractivity contribution is 7.99. The summed E-state index contributed by atoms with van der Waals surface area (Å²) in [5, 5.41) is 16.3. The summed E-state index contributed by atoms with van der Waals surface area (Å²) in [5.41, 5.74) is 8.82. The fraction of sp³-hybridized carbons (Fsp3) is 0.346. The maximum Gasteiger partial charge on any atom is 0.242 e. The average Bonchev–Trinajstić information content (AvgIpc) is 3.66. The predicted molar refractivity (Wildman–Crippen MR) is 140 cm³/mol. The molecule has 9 nitrogen and oxygen atoms in total. The highest BCUT2D eigenvalue weighted by Crippen LogP contribution is 2.29. The third-order valence-corrected chi connectivity index (χ3v) is 7.51. The number of nitrogens with zero attached hydrogens (tertiary/aromatic N) is 2. The lowest BCUT2D eigenvalue weighted by molar-refractivity contribution is -0.132. The molecule has 0 spiro atoms. The van der Waals surface area contributed by atoms with Crippen LogP contribution < -0.4 is 21.1 Å². The standard InChI is InChI=1S/C26H28N6O3S/c27-12-18-2-1-9-32(18)26(34)22(28)10-16-13-29-23-8-7-20(11-21(16)23)35-19-5-3-17(4-6-19)31-25(33)24-14-36-15-30-24/h3-8,11,13,18,22,24,29-30H,1-2,9-10,14-15,28H2,(H,31,33)/t18?,22-,24+/m0/s1. The van der Waals surface area contributed by atoms with Crippen LogP contribution in [0, 0.1) is 11.3 Å². The Balaban J connectivity index is 1.24. The average molecular weight is 505 g/mol.